The van der Waals surface area contributed by atoms with Crippen LogP contribution in [-0.2, 0) is 4.79 Å². The highest BCUT2D eigenvalue weighted by atomic mass is 16.5. The number of carbonyl (C=O) groups is 1. The highest BCUT2D eigenvalue weighted by Crippen LogP contribution is 2.30. The Morgan fingerprint density at radius 1 is 0.960 bits per heavy atom. The second kappa shape index (κ2) is 9.87. The van der Waals surface area contributed by atoms with Gasteiger partial charge in [0.25, 0.3) is 0 Å². The van der Waals surface area contributed by atoms with Crippen LogP contribution >= 0.6 is 0 Å². The summed E-state index contributed by atoms with van der Waals surface area (Å²) in [5.41, 5.74) is 6.78. The molecule has 0 saturated heterocycles. The minimum atomic E-state index is -0.200. The molecule has 0 radical (unpaired) electrons. The van der Waals surface area contributed by atoms with Crippen molar-refractivity contribution in [3.8, 4) is 11.5 Å². The molecule has 0 fully saturated rings. The molecule has 0 heterocycles. The number of benzene rings is 2. The fourth-order valence-electron chi connectivity index (χ4n) is 3.13. The summed E-state index contributed by atoms with van der Waals surface area (Å²) in [6, 6.07) is 17.7. The molecule has 0 aromatic heterocycles. The Bertz CT molecular complexity index is 637. The van der Waals surface area contributed by atoms with Gasteiger partial charge in [-0.1, -0.05) is 69.9 Å². The normalized spacial score (nSPS) is 13.2. The number of ether oxygens (including phenoxy) is 1. The fourth-order valence-corrected chi connectivity index (χ4v) is 3.13. The summed E-state index contributed by atoms with van der Waals surface area (Å²) < 4.78 is 5.82. The Hall–Kier alpha value is -2.29. The van der Waals surface area contributed by atoms with Gasteiger partial charge in [0.15, 0.2) is 0 Å². The number of hydrogen-bond acceptors (Lipinski definition) is 2. The first-order chi connectivity index (χ1) is 12.1. The molecule has 3 heteroatoms. The number of rotatable bonds is 10. The third kappa shape index (κ3) is 5.93. The molecule has 3 nitrogen and oxygen atoms in total. The van der Waals surface area contributed by atoms with Crippen LogP contribution in [0.15, 0.2) is 54.6 Å². The lowest BCUT2D eigenvalue weighted by atomic mass is 9.83. The predicted octanol–water partition coefficient (Wildman–Crippen LogP) is 5.65. The molecular formula is C22H29NO2. The van der Waals surface area contributed by atoms with Gasteiger partial charge in [-0.15, -0.1) is 0 Å². The summed E-state index contributed by atoms with van der Waals surface area (Å²) in [5.74, 6) is 1.41. The lowest BCUT2D eigenvalue weighted by Crippen LogP contribution is -2.27. The number of nitrogens with two attached hydrogens (primary N) is 1. The van der Waals surface area contributed by atoms with Crippen molar-refractivity contribution in [2.24, 2.45) is 11.7 Å². The van der Waals surface area contributed by atoms with Crippen molar-refractivity contribution in [3.63, 3.8) is 0 Å². The van der Waals surface area contributed by atoms with Gasteiger partial charge in [-0.05, 0) is 42.2 Å². The first-order valence-electron chi connectivity index (χ1n) is 9.24. The second-order valence-corrected chi connectivity index (χ2v) is 6.63. The van der Waals surface area contributed by atoms with Crippen LogP contribution in [0.25, 0.3) is 0 Å². The second-order valence-electron chi connectivity index (χ2n) is 6.63. The van der Waals surface area contributed by atoms with Crippen LogP contribution in [0.4, 0.5) is 0 Å². The average Bonchev–Trinajstić information content (AvgIpc) is 2.62. The third-order valence-corrected chi connectivity index (χ3v) is 4.72. The predicted molar refractivity (Wildman–Crippen MR) is 103 cm³/mol. The molecule has 25 heavy (non-hydrogen) atoms. The van der Waals surface area contributed by atoms with E-state index in [1.54, 1.807) is 0 Å². The quantitative estimate of drug-likeness (QED) is 0.568. The molecule has 0 aliphatic rings. The highest BCUT2D eigenvalue weighted by Gasteiger charge is 2.23. The van der Waals surface area contributed by atoms with Crippen LogP contribution < -0.4 is 10.5 Å². The minimum Gasteiger partial charge on any atom is -0.457 e. The maximum Gasteiger partial charge on any atom is 0.221 e. The van der Waals surface area contributed by atoms with E-state index >= 15 is 0 Å². The van der Waals surface area contributed by atoms with Gasteiger partial charge in [0.2, 0.25) is 5.91 Å². The van der Waals surface area contributed by atoms with Crippen LogP contribution in [0.3, 0.4) is 0 Å². The van der Waals surface area contributed by atoms with E-state index in [0.717, 1.165) is 36.3 Å². The summed E-state index contributed by atoms with van der Waals surface area (Å²) in [5, 5.41) is 0. The Balaban J connectivity index is 1.99. The molecule has 0 spiro atoms. The van der Waals surface area contributed by atoms with Crippen LogP contribution in [0.2, 0.25) is 0 Å². The summed E-state index contributed by atoms with van der Waals surface area (Å²) in [4.78, 5) is 11.9. The Morgan fingerprint density at radius 2 is 1.60 bits per heavy atom. The van der Waals surface area contributed by atoms with Crippen molar-refractivity contribution in [2.45, 2.75) is 51.9 Å². The van der Waals surface area contributed by atoms with Crippen molar-refractivity contribution in [1.82, 2.24) is 0 Å². The number of primary amides is 1. The standard InChI is InChI=1S/C22H29NO2/c1-3-4-5-9-12-21(22(23)24)17(2)18-13-15-20(16-14-18)25-19-10-7-6-8-11-19/h6-8,10-11,13-17,21H,3-5,9,12H2,1-2H3,(H2,23,24). The van der Waals surface area contributed by atoms with Crippen molar-refractivity contribution in [1.29, 1.82) is 0 Å². The SMILES string of the molecule is CCCCCCC(C(N)=O)C(C)c1ccc(Oc2ccccc2)cc1. The van der Waals surface area contributed by atoms with Crippen LogP contribution in [0.1, 0.15) is 57.4 Å². The van der Waals surface area contributed by atoms with E-state index in [0.29, 0.717) is 0 Å². The first kappa shape index (κ1) is 19.0. The van der Waals surface area contributed by atoms with E-state index in [1.807, 2.05) is 54.6 Å². The van der Waals surface area contributed by atoms with E-state index in [2.05, 4.69) is 13.8 Å². The number of hydrogen-bond donors (Lipinski definition) is 1. The number of unbranched alkanes of at least 4 members (excludes halogenated alkanes) is 3. The largest absolute Gasteiger partial charge is 0.457 e. The van der Waals surface area contributed by atoms with Crippen molar-refractivity contribution in [2.75, 3.05) is 0 Å². The molecule has 2 N–H and O–H groups in total. The van der Waals surface area contributed by atoms with Crippen LogP contribution in [0, 0.1) is 5.92 Å². The van der Waals surface area contributed by atoms with Crippen LogP contribution in [0.5, 0.6) is 11.5 Å². The third-order valence-electron chi connectivity index (χ3n) is 4.72. The van der Waals surface area contributed by atoms with E-state index in [-0.39, 0.29) is 17.7 Å². The van der Waals surface area contributed by atoms with Crippen molar-refractivity contribution in [3.05, 3.63) is 60.2 Å². The molecule has 0 aliphatic carbocycles. The van der Waals surface area contributed by atoms with E-state index in [4.69, 9.17) is 10.5 Å². The zero-order chi connectivity index (χ0) is 18.1. The van der Waals surface area contributed by atoms with Gasteiger partial charge < -0.3 is 10.5 Å². The van der Waals surface area contributed by atoms with Gasteiger partial charge in [-0.25, -0.2) is 0 Å². The average molecular weight is 339 g/mol. The van der Waals surface area contributed by atoms with Gasteiger partial charge >= 0.3 is 0 Å². The monoisotopic (exact) mass is 339 g/mol. The van der Waals surface area contributed by atoms with Gasteiger partial charge in [0.05, 0.1) is 0 Å². The summed E-state index contributed by atoms with van der Waals surface area (Å²) in [6.07, 6.45) is 5.49. The lowest BCUT2D eigenvalue weighted by Gasteiger charge is -2.22. The molecule has 2 aromatic carbocycles. The summed E-state index contributed by atoms with van der Waals surface area (Å²) >= 11 is 0. The molecule has 0 saturated carbocycles. The smallest absolute Gasteiger partial charge is 0.221 e. The Morgan fingerprint density at radius 3 is 2.20 bits per heavy atom. The van der Waals surface area contributed by atoms with Crippen molar-refractivity contribution < 1.29 is 9.53 Å². The van der Waals surface area contributed by atoms with Gasteiger partial charge in [0.1, 0.15) is 11.5 Å². The lowest BCUT2D eigenvalue weighted by molar-refractivity contribution is -0.122. The molecular weight excluding hydrogens is 310 g/mol. The minimum absolute atomic E-state index is 0.113. The van der Waals surface area contributed by atoms with Crippen LogP contribution in [-0.4, -0.2) is 5.91 Å². The molecule has 0 aliphatic heterocycles. The number of amides is 1. The molecule has 2 atom stereocenters. The van der Waals surface area contributed by atoms with E-state index in [9.17, 15) is 4.79 Å². The summed E-state index contributed by atoms with van der Waals surface area (Å²) in [7, 11) is 0. The van der Waals surface area contributed by atoms with Crippen molar-refractivity contribution >= 4 is 5.91 Å². The maximum absolute atomic E-state index is 11.9. The molecule has 2 unspecified atom stereocenters. The van der Waals surface area contributed by atoms with E-state index in [1.165, 1.54) is 12.8 Å². The number of para-hydroxylation sites is 1. The topological polar surface area (TPSA) is 52.3 Å². The van der Waals surface area contributed by atoms with Gasteiger partial charge in [-0.3, -0.25) is 4.79 Å². The Labute approximate surface area is 151 Å². The highest BCUT2D eigenvalue weighted by molar-refractivity contribution is 5.77. The zero-order valence-electron chi connectivity index (χ0n) is 15.3. The van der Waals surface area contributed by atoms with E-state index < -0.39 is 0 Å². The first-order valence-corrected chi connectivity index (χ1v) is 9.24. The summed E-state index contributed by atoms with van der Waals surface area (Å²) in [6.45, 7) is 4.27. The van der Waals surface area contributed by atoms with Gasteiger partial charge in [0, 0.05) is 5.92 Å². The fraction of sp³-hybridized carbons (Fsp3) is 0.409. The molecule has 134 valence electrons. The molecule has 2 aromatic rings. The molecule has 0 bridgehead atoms. The Kier molecular flexibility index (Phi) is 7.52. The number of carbonyl (C=O) groups excluding carboxylic acids is 1. The van der Waals surface area contributed by atoms with Gasteiger partial charge in [-0.2, -0.15) is 0 Å². The molecule has 1 amide bonds. The molecule has 2 rings (SSSR count). The maximum atomic E-state index is 11.9. The zero-order valence-corrected chi connectivity index (χ0v) is 15.3.